The van der Waals surface area contributed by atoms with Gasteiger partial charge in [0.25, 0.3) is 5.91 Å². The van der Waals surface area contributed by atoms with Crippen molar-refractivity contribution in [3.8, 4) is 6.07 Å². The van der Waals surface area contributed by atoms with Crippen LogP contribution in [-0.2, 0) is 0 Å². The van der Waals surface area contributed by atoms with Gasteiger partial charge >= 0.3 is 0 Å². The molecule has 0 fully saturated rings. The molecule has 1 amide bonds. The Hall–Kier alpha value is -3.92. The van der Waals surface area contributed by atoms with Gasteiger partial charge in [0.2, 0.25) is 5.95 Å². The van der Waals surface area contributed by atoms with Gasteiger partial charge in [0.15, 0.2) is 0 Å². The number of nitrogens with one attached hydrogen (secondary N) is 2. The normalized spacial score (nSPS) is 10.1. The summed E-state index contributed by atoms with van der Waals surface area (Å²) in [6.45, 7) is 1.79. The van der Waals surface area contributed by atoms with Gasteiger partial charge in [-0.1, -0.05) is 6.07 Å². The number of hydrogen-bond donors (Lipinski definition) is 2. The van der Waals surface area contributed by atoms with E-state index in [0.29, 0.717) is 28.6 Å². The number of aryl methyl sites for hydroxylation is 1. The molecule has 0 radical (unpaired) electrons. The Morgan fingerprint density at radius 3 is 2.46 bits per heavy atom. The molecule has 3 aromatic rings. The molecule has 3 rings (SSSR count). The van der Waals surface area contributed by atoms with Gasteiger partial charge < -0.3 is 15.5 Å². The third kappa shape index (κ3) is 4.62. The number of carbonyl (C=O) groups excluding carboxylic acids is 1. The number of benzene rings is 2. The fourth-order valence-electron chi connectivity index (χ4n) is 2.57. The number of nitriles is 1. The zero-order chi connectivity index (χ0) is 20.1. The molecule has 0 spiro atoms. The van der Waals surface area contributed by atoms with Crippen molar-refractivity contribution in [3.63, 3.8) is 0 Å². The van der Waals surface area contributed by atoms with Crippen molar-refractivity contribution in [2.24, 2.45) is 0 Å². The van der Waals surface area contributed by atoms with Gasteiger partial charge in [0.1, 0.15) is 5.69 Å². The van der Waals surface area contributed by atoms with E-state index < -0.39 is 0 Å². The van der Waals surface area contributed by atoms with Gasteiger partial charge in [-0.05, 0) is 55.5 Å². The average molecular weight is 372 g/mol. The van der Waals surface area contributed by atoms with Gasteiger partial charge in [0.05, 0.1) is 11.6 Å². The molecule has 28 heavy (non-hydrogen) atoms. The van der Waals surface area contributed by atoms with Crippen molar-refractivity contribution in [1.82, 2.24) is 9.97 Å². The zero-order valence-electron chi connectivity index (χ0n) is 15.9. The van der Waals surface area contributed by atoms with Gasteiger partial charge in [0, 0.05) is 36.9 Å². The van der Waals surface area contributed by atoms with Crippen molar-refractivity contribution >= 4 is 28.9 Å². The van der Waals surface area contributed by atoms with Gasteiger partial charge in [-0.3, -0.25) is 4.79 Å². The summed E-state index contributed by atoms with van der Waals surface area (Å²) in [5.74, 6) is -0.0277. The van der Waals surface area contributed by atoms with Crippen LogP contribution in [0.15, 0.2) is 54.6 Å². The smallest absolute Gasteiger partial charge is 0.274 e. The third-order valence-corrected chi connectivity index (χ3v) is 3.98. The van der Waals surface area contributed by atoms with E-state index in [1.54, 1.807) is 37.3 Å². The molecule has 1 heterocycles. The van der Waals surface area contributed by atoms with E-state index in [-0.39, 0.29) is 11.6 Å². The van der Waals surface area contributed by atoms with E-state index in [1.807, 2.05) is 43.3 Å². The zero-order valence-corrected chi connectivity index (χ0v) is 15.9. The van der Waals surface area contributed by atoms with Crippen LogP contribution in [-0.4, -0.2) is 30.0 Å². The lowest BCUT2D eigenvalue weighted by Gasteiger charge is -2.13. The van der Waals surface area contributed by atoms with Crippen LogP contribution in [0.3, 0.4) is 0 Å². The van der Waals surface area contributed by atoms with Crippen molar-refractivity contribution in [2.45, 2.75) is 6.92 Å². The van der Waals surface area contributed by atoms with E-state index in [1.165, 1.54) is 0 Å². The fraction of sp³-hybridized carbons (Fsp3) is 0.143. The highest BCUT2D eigenvalue weighted by Crippen LogP contribution is 2.18. The predicted molar refractivity (Wildman–Crippen MR) is 110 cm³/mol. The number of hydrogen-bond acceptors (Lipinski definition) is 6. The minimum absolute atomic E-state index is 0.253. The van der Waals surface area contributed by atoms with Crippen molar-refractivity contribution in [1.29, 1.82) is 5.26 Å². The Morgan fingerprint density at radius 1 is 1.04 bits per heavy atom. The van der Waals surface area contributed by atoms with E-state index in [0.717, 1.165) is 5.69 Å². The molecule has 0 aliphatic carbocycles. The molecule has 0 unspecified atom stereocenters. The number of carbonyl (C=O) groups is 1. The minimum Gasteiger partial charge on any atom is -0.378 e. The summed E-state index contributed by atoms with van der Waals surface area (Å²) in [7, 11) is 3.91. The summed E-state index contributed by atoms with van der Waals surface area (Å²) in [6, 6.07) is 18.2. The molecule has 0 aliphatic heterocycles. The third-order valence-electron chi connectivity index (χ3n) is 3.98. The van der Waals surface area contributed by atoms with Crippen LogP contribution in [0.4, 0.5) is 23.0 Å². The first-order valence-corrected chi connectivity index (χ1v) is 8.66. The summed E-state index contributed by atoms with van der Waals surface area (Å²) in [6.07, 6.45) is 0. The summed E-state index contributed by atoms with van der Waals surface area (Å²) in [4.78, 5) is 23.2. The van der Waals surface area contributed by atoms with Crippen LogP contribution in [0.1, 0.15) is 21.7 Å². The Balaban J connectivity index is 1.78. The minimum atomic E-state index is -0.322. The topological polar surface area (TPSA) is 93.9 Å². The molecule has 2 N–H and O–H groups in total. The van der Waals surface area contributed by atoms with Gasteiger partial charge in [-0.15, -0.1) is 0 Å². The Kier molecular flexibility index (Phi) is 5.51. The predicted octanol–water partition coefficient (Wildman–Crippen LogP) is 3.72. The van der Waals surface area contributed by atoms with Crippen LogP contribution in [0.2, 0.25) is 0 Å². The second-order valence-electron chi connectivity index (χ2n) is 6.43. The quantitative estimate of drug-likeness (QED) is 0.709. The second kappa shape index (κ2) is 8.18. The van der Waals surface area contributed by atoms with Crippen LogP contribution >= 0.6 is 0 Å². The highest BCUT2D eigenvalue weighted by Gasteiger charge is 2.12. The molecular weight excluding hydrogens is 352 g/mol. The molecule has 7 nitrogen and oxygen atoms in total. The average Bonchev–Trinajstić information content (AvgIpc) is 2.68. The van der Waals surface area contributed by atoms with E-state index >= 15 is 0 Å². The molecule has 1 aromatic heterocycles. The van der Waals surface area contributed by atoms with Crippen LogP contribution in [0, 0.1) is 18.3 Å². The highest BCUT2D eigenvalue weighted by molar-refractivity contribution is 6.03. The lowest BCUT2D eigenvalue weighted by molar-refractivity contribution is 0.102. The van der Waals surface area contributed by atoms with Gasteiger partial charge in [-0.25, -0.2) is 9.97 Å². The van der Waals surface area contributed by atoms with Crippen molar-refractivity contribution < 1.29 is 4.79 Å². The number of amides is 1. The Morgan fingerprint density at radius 2 is 1.79 bits per heavy atom. The summed E-state index contributed by atoms with van der Waals surface area (Å²) in [5, 5.41) is 14.9. The maximum Gasteiger partial charge on any atom is 0.274 e. The number of rotatable bonds is 5. The maximum atomic E-state index is 12.6. The van der Waals surface area contributed by atoms with Crippen LogP contribution < -0.4 is 15.5 Å². The Bertz CT molecular complexity index is 1040. The molecule has 0 saturated carbocycles. The molecule has 7 heteroatoms. The van der Waals surface area contributed by atoms with E-state index in [2.05, 4.69) is 26.7 Å². The molecule has 2 aromatic carbocycles. The van der Waals surface area contributed by atoms with Crippen LogP contribution in [0.25, 0.3) is 0 Å². The molecule has 0 saturated heterocycles. The molecule has 0 atom stereocenters. The number of anilines is 4. The first-order valence-electron chi connectivity index (χ1n) is 8.66. The molecule has 140 valence electrons. The van der Waals surface area contributed by atoms with Crippen molar-refractivity contribution in [3.05, 3.63) is 71.5 Å². The molecular formula is C21H20N6O. The molecule has 0 aliphatic rings. The largest absolute Gasteiger partial charge is 0.378 e. The fourth-order valence-corrected chi connectivity index (χ4v) is 2.57. The first kappa shape index (κ1) is 18.9. The molecule has 0 bridgehead atoms. The lowest BCUT2D eigenvalue weighted by atomic mass is 10.2. The highest BCUT2D eigenvalue weighted by atomic mass is 16.1. The Labute approximate surface area is 163 Å². The van der Waals surface area contributed by atoms with Crippen molar-refractivity contribution in [2.75, 3.05) is 29.6 Å². The van der Waals surface area contributed by atoms with E-state index in [9.17, 15) is 4.79 Å². The summed E-state index contributed by atoms with van der Waals surface area (Å²) < 4.78 is 0. The summed E-state index contributed by atoms with van der Waals surface area (Å²) in [5.41, 5.74) is 3.84. The number of nitrogens with zero attached hydrogens (tertiary/aromatic N) is 4. The number of aromatic nitrogens is 2. The van der Waals surface area contributed by atoms with Gasteiger partial charge in [-0.2, -0.15) is 5.26 Å². The summed E-state index contributed by atoms with van der Waals surface area (Å²) >= 11 is 0. The first-order chi connectivity index (χ1) is 13.4. The second-order valence-corrected chi connectivity index (χ2v) is 6.43. The van der Waals surface area contributed by atoms with E-state index in [4.69, 9.17) is 5.26 Å². The maximum absolute atomic E-state index is 12.6. The SMILES string of the molecule is Cc1cc(C(=O)Nc2ccc(N(C)C)cc2)nc(Nc2cccc(C#N)c2)n1. The monoisotopic (exact) mass is 372 g/mol. The standard InChI is InChI=1S/C21H20N6O/c1-14-11-19(20(28)24-16-7-9-18(10-8-16)27(2)3)26-21(23-14)25-17-6-4-5-15(12-17)13-22/h4-12H,1-3H3,(H,24,28)(H,23,25,26). The van der Waals surface area contributed by atoms with Crippen LogP contribution in [0.5, 0.6) is 0 Å². The lowest BCUT2D eigenvalue weighted by Crippen LogP contribution is -2.16.